The molecule has 0 radical (unpaired) electrons. The molecule has 1 aromatic rings. The number of nitrogens with one attached hydrogen (secondary N) is 1. The Bertz CT molecular complexity index is 453. The summed E-state index contributed by atoms with van der Waals surface area (Å²) in [6.45, 7) is 12.2. The van der Waals surface area contributed by atoms with Gasteiger partial charge in [-0.15, -0.1) is 0 Å². The monoisotopic (exact) mass is 275 g/mol. The van der Waals surface area contributed by atoms with Crippen LogP contribution in [0.3, 0.4) is 0 Å². The number of ether oxygens (including phenoxy) is 1. The molecule has 0 heterocycles. The van der Waals surface area contributed by atoms with Gasteiger partial charge in [-0.05, 0) is 62.3 Å². The van der Waals surface area contributed by atoms with Crippen molar-refractivity contribution in [3.8, 4) is 5.75 Å². The van der Waals surface area contributed by atoms with Crippen LogP contribution in [0.25, 0.3) is 0 Å². The Kier molecular flexibility index (Phi) is 4.74. The van der Waals surface area contributed by atoms with Gasteiger partial charge in [-0.25, -0.2) is 0 Å². The molecule has 0 bridgehead atoms. The first-order valence-corrected chi connectivity index (χ1v) is 7.92. The number of hydrogen-bond acceptors (Lipinski definition) is 2. The molecule has 2 unspecified atom stereocenters. The van der Waals surface area contributed by atoms with Gasteiger partial charge in [-0.1, -0.05) is 32.9 Å². The fourth-order valence-electron chi connectivity index (χ4n) is 3.35. The van der Waals surface area contributed by atoms with Crippen molar-refractivity contribution in [2.24, 2.45) is 5.41 Å². The summed E-state index contributed by atoms with van der Waals surface area (Å²) in [6.07, 6.45) is 3.95. The van der Waals surface area contributed by atoms with Gasteiger partial charge in [-0.3, -0.25) is 0 Å². The number of hydrogen-bond donors (Lipinski definition) is 1. The predicted molar refractivity (Wildman–Crippen MR) is 85.4 cm³/mol. The van der Waals surface area contributed by atoms with Crippen LogP contribution in [-0.2, 0) is 0 Å². The molecule has 1 aromatic carbocycles. The van der Waals surface area contributed by atoms with Gasteiger partial charge in [0.15, 0.2) is 0 Å². The van der Waals surface area contributed by atoms with Crippen LogP contribution in [0.5, 0.6) is 5.75 Å². The second-order valence-electron chi connectivity index (χ2n) is 6.77. The van der Waals surface area contributed by atoms with Gasteiger partial charge in [0.05, 0.1) is 0 Å². The van der Waals surface area contributed by atoms with Crippen LogP contribution in [0.4, 0.5) is 0 Å². The van der Waals surface area contributed by atoms with Crippen LogP contribution in [0, 0.1) is 19.3 Å². The number of likely N-dealkylation sites (N-methyl/N-ethyl adjacent to an activating group) is 1. The molecule has 1 aliphatic carbocycles. The number of aryl methyl sites for hydroxylation is 1. The minimum Gasteiger partial charge on any atom is -0.489 e. The van der Waals surface area contributed by atoms with Crippen molar-refractivity contribution in [1.29, 1.82) is 0 Å². The zero-order valence-corrected chi connectivity index (χ0v) is 13.6. The molecule has 0 spiro atoms. The Balaban J connectivity index is 2.19. The molecule has 2 atom stereocenters. The first-order chi connectivity index (χ1) is 9.45. The van der Waals surface area contributed by atoms with E-state index in [1.54, 1.807) is 0 Å². The summed E-state index contributed by atoms with van der Waals surface area (Å²) in [7, 11) is 0. The molecule has 0 saturated heterocycles. The quantitative estimate of drug-likeness (QED) is 0.887. The highest BCUT2D eigenvalue weighted by molar-refractivity contribution is 5.38. The Morgan fingerprint density at radius 3 is 2.75 bits per heavy atom. The average molecular weight is 275 g/mol. The molecular formula is C18H29NO. The molecule has 20 heavy (non-hydrogen) atoms. The molecule has 2 rings (SSSR count). The lowest BCUT2D eigenvalue weighted by atomic mass is 9.71. The topological polar surface area (TPSA) is 21.3 Å². The van der Waals surface area contributed by atoms with E-state index < -0.39 is 0 Å². The average Bonchev–Trinajstić information content (AvgIpc) is 2.39. The smallest absolute Gasteiger partial charge is 0.122 e. The van der Waals surface area contributed by atoms with E-state index in [0.29, 0.717) is 11.5 Å². The van der Waals surface area contributed by atoms with E-state index in [-0.39, 0.29) is 6.10 Å². The van der Waals surface area contributed by atoms with Crippen molar-refractivity contribution in [3.63, 3.8) is 0 Å². The maximum absolute atomic E-state index is 6.41. The van der Waals surface area contributed by atoms with Gasteiger partial charge < -0.3 is 10.1 Å². The first kappa shape index (κ1) is 15.4. The lowest BCUT2D eigenvalue weighted by Gasteiger charge is -2.44. The fraction of sp³-hybridized carbons (Fsp3) is 0.667. The molecule has 0 aromatic heterocycles. The fourth-order valence-corrected chi connectivity index (χ4v) is 3.35. The maximum atomic E-state index is 6.41. The highest BCUT2D eigenvalue weighted by Crippen LogP contribution is 2.38. The van der Waals surface area contributed by atoms with Gasteiger partial charge in [0.25, 0.3) is 0 Å². The molecule has 0 amide bonds. The highest BCUT2D eigenvalue weighted by atomic mass is 16.5. The normalized spacial score (nSPS) is 25.4. The molecule has 1 N–H and O–H groups in total. The summed E-state index contributed by atoms with van der Waals surface area (Å²) in [6, 6.07) is 6.77. The first-order valence-electron chi connectivity index (χ1n) is 7.92. The Hall–Kier alpha value is -1.02. The summed E-state index contributed by atoms with van der Waals surface area (Å²) in [5.41, 5.74) is 2.88. The molecule has 1 aliphatic rings. The number of benzene rings is 1. The summed E-state index contributed by atoms with van der Waals surface area (Å²) < 4.78 is 6.41. The minimum atomic E-state index is 0.277. The van der Waals surface area contributed by atoms with Crippen LogP contribution in [0.15, 0.2) is 18.2 Å². The van der Waals surface area contributed by atoms with E-state index in [0.717, 1.165) is 18.7 Å². The second kappa shape index (κ2) is 6.17. The van der Waals surface area contributed by atoms with Crippen molar-refractivity contribution >= 4 is 0 Å². The van der Waals surface area contributed by atoms with Gasteiger partial charge >= 0.3 is 0 Å². The van der Waals surface area contributed by atoms with Crippen LogP contribution in [-0.4, -0.2) is 18.7 Å². The van der Waals surface area contributed by atoms with Crippen molar-refractivity contribution in [2.75, 3.05) is 6.54 Å². The van der Waals surface area contributed by atoms with E-state index >= 15 is 0 Å². The molecular weight excluding hydrogens is 246 g/mol. The van der Waals surface area contributed by atoms with E-state index in [9.17, 15) is 0 Å². The predicted octanol–water partition coefficient (Wildman–Crippen LogP) is 4.24. The molecule has 0 aliphatic heterocycles. The van der Waals surface area contributed by atoms with Crippen LogP contribution < -0.4 is 10.1 Å². The Morgan fingerprint density at radius 2 is 2.05 bits per heavy atom. The van der Waals surface area contributed by atoms with Gasteiger partial charge in [0.1, 0.15) is 11.9 Å². The SMILES string of the molecule is CCNC1C(Oc2cccc(C)c2C)CCCC1(C)C. The minimum absolute atomic E-state index is 0.277. The van der Waals surface area contributed by atoms with Gasteiger partial charge in [-0.2, -0.15) is 0 Å². The van der Waals surface area contributed by atoms with Crippen molar-refractivity contribution < 1.29 is 4.74 Å². The van der Waals surface area contributed by atoms with Crippen molar-refractivity contribution in [2.45, 2.75) is 66.0 Å². The summed E-state index contributed by atoms with van der Waals surface area (Å²) in [4.78, 5) is 0. The van der Waals surface area contributed by atoms with Gasteiger partial charge in [0.2, 0.25) is 0 Å². The van der Waals surface area contributed by atoms with Crippen LogP contribution >= 0.6 is 0 Å². The highest BCUT2D eigenvalue weighted by Gasteiger charge is 2.39. The summed E-state index contributed by atoms with van der Waals surface area (Å²) in [5.74, 6) is 1.05. The van der Waals surface area contributed by atoms with E-state index in [1.165, 1.54) is 24.0 Å². The molecule has 1 saturated carbocycles. The lowest BCUT2D eigenvalue weighted by molar-refractivity contribution is 0.0368. The molecule has 2 nitrogen and oxygen atoms in total. The van der Waals surface area contributed by atoms with Gasteiger partial charge in [0, 0.05) is 6.04 Å². The maximum Gasteiger partial charge on any atom is 0.122 e. The largest absolute Gasteiger partial charge is 0.489 e. The van der Waals surface area contributed by atoms with Crippen LogP contribution in [0.1, 0.15) is 51.2 Å². The van der Waals surface area contributed by atoms with Crippen LogP contribution in [0.2, 0.25) is 0 Å². The summed E-state index contributed by atoms with van der Waals surface area (Å²) in [5, 5.41) is 3.65. The van der Waals surface area contributed by atoms with E-state index in [2.05, 4.69) is 58.1 Å². The second-order valence-corrected chi connectivity index (χ2v) is 6.77. The third-order valence-electron chi connectivity index (χ3n) is 4.78. The molecule has 1 fully saturated rings. The third kappa shape index (κ3) is 3.17. The summed E-state index contributed by atoms with van der Waals surface area (Å²) >= 11 is 0. The van der Waals surface area contributed by atoms with E-state index in [1.807, 2.05) is 0 Å². The molecule has 112 valence electrons. The molecule has 2 heteroatoms. The standard InChI is InChI=1S/C18H29NO/c1-6-19-17-16(11-8-12-18(17,4)5)20-15-10-7-9-13(2)14(15)3/h7,9-10,16-17,19H,6,8,11-12H2,1-5H3. The zero-order chi connectivity index (χ0) is 14.8. The Labute approximate surface area is 123 Å². The van der Waals surface area contributed by atoms with Crippen molar-refractivity contribution in [3.05, 3.63) is 29.3 Å². The van der Waals surface area contributed by atoms with Crippen molar-refractivity contribution in [1.82, 2.24) is 5.32 Å². The Morgan fingerprint density at radius 1 is 1.30 bits per heavy atom. The zero-order valence-electron chi connectivity index (χ0n) is 13.6. The third-order valence-corrected chi connectivity index (χ3v) is 4.78. The number of rotatable bonds is 4. The van der Waals surface area contributed by atoms with E-state index in [4.69, 9.17) is 4.74 Å². The lowest BCUT2D eigenvalue weighted by Crippen LogP contribution is -2.54.